The topological polar surface area (TPSA) is 29.1 Å². The number of amides is 1. The van der Waals surface area contributed by atoms with E-state index in [-0.39, 0.29) is 5.91 Å². The van der Waals surface area contributed by atoms with Crippen LogP contribution in [0.15, 0.2) is 11.3 Å². The fraction of sp³-hybridized carbons (Fsp3) is 0.700. The van der Waals surface area contributed by atoms with Gasteiger partial charge in [-0.1, -0.05) is 26.3 Å². The lowest BCUT2D eigenvalue weighted by atomic mass is 10.2. The van der Waals surface area contributed by atoms with Gasteiger partial charge in [-0.05, 0) is 20.3 Å². The summed E-state index contributed by atoms with van der Waals surface area (Å²) < 4.78 is 0. The average Bonchev–Trinajstić information content (AvgIpc) is 2.05. The molecule has 0 aromatic rings. The third-order valence-corrected chi connectivity index (χ3v) is 1.53. The minimum absolute atomic E-state index is 0.00491. The van der Waals surface area contributed by atoms with Crippen LogP contribution in [0, 0.1) is 0 Å². The van der Waals surface area contributed by atoms with Crippen LogP contribution < -0.4 is 5.32 Å². The van der Waals surface area contributed by atoms with Gasteiger partial charge in [-0.2, -0.15) is 0 Å². The van der Waals surface area contributed by atoms with Gasteiger partial charge in [0.25, 0.3) is 0 Å². The number of hydrogen-bond acceptors (Lipinski definition) is 1. The van der Waals surface area contributed by atoms with Crippen molar-refractivity contribution in [3.63, 3.8) is 0 Å². The van der Waals surface area contributed by atoms with Crippen LogP contribution in [0.1, 0.15) is 48.0 Å². The number of hydrogen-bond donors (Lipinski definition) is 1. The van der Waals surface area contributed by atoms with Gasteiger partial charge in [-0.25, -0.2) is 0 Å². The SMILES string of the molecule is CC.CC/C(C)=C(\C)NC(C)=O. The molecule has 0 spiro atoms. The van der Waals surface area contributed by atoms with Crippen LogP contribution in [0.5, 0.6) is 0 Å². The van der Waals surface area contributed by atoms with Crippen molar-refractivity contribution in [1.29, 1.82) is 0 Å². The molecule has 0 bridgehead atoms. The van der Waals surface area contributed by atoms with E-state index in [0.29, 0.717) is 0 Å². The highest BCUT2D eigenvalue weighted by atomic mass is 16.1. The molecule has 0 rings (SSSR count). The van der Waals surface area contributed by atoms with E-state index >= 15 is 0 Å². The smallest absolute Gasteiger partial charge is 0.220 e. The van der Waals surface area contributed by atoms with Crippen molar-refractivity contribution in [2.45, 2.75) is 48.0 Å². The third-order valence-electron chi connectivity index (χ3n) is 1.53. The molecule has 0 aromatic heterocycles. The quantitative estimate of drug-likeness (QED) is 0.680. The van der Waals surface area contributed by atoms with Crippen molar-refractivity contribution in [2.24, 2.45) is 0 Å². The van der Waals surface area contributed by atoms with Gasteiger partial charge in [0.05, 0.1) is 0 Å². The van der Waals surface area contributed by atoms with Gasteiger partial charge in [0.15, 0.2) is 0 Å². The summed E-state index contributed by atoms with van der Waals surface area (Å²) in [7, 11) is 0. The molecule has 2 heteroatoms. The van der Waals surface area contributed by atoms with Gasteiger partial charge < -0.3 is 5.32 Å². The molecule has 0 aliphatic rings. The molecule has 0 unspecified atom stereocenters. The van der Waals surface area contributed by atoms with Crippen molar-refractivity contribution in [1.82, 2.24) is 5.32 Å². The lowest BCUT2D eigenvalue weighted by Gasteiger charge is -2.04. The molecular formula is C10H21NO. The van der Waals surface area contributed by atoms with Gasteiger partial charge in [0.1, 0.15) is 0 Å². The first kappa shape index (κ1) is 13.8. The highest BCUT2D eigenvalue weighted by Crippen LogP contribution is 2.02. The van der Waals surface area contributed by atoms with Crippen LogP contribution in [0.25, 0.3) is 0 Å². The second-order valence-electron chi connectivity index (χ2n) is 2.44. The molecule has 0 fully saturated rings. The lowest BCUT2D eigenvalue weighted by Crippen LogP contribution is -2.18. The number of allylic oxidation sites excluding steroid dienone is 2. The normalized spacial score (nSPS) is 10.8. The maximum atomic E-state index is 10.5. The second kappa shape index (κ2) is 8.31. The van der Waals surface area contributed by atoms with Crippen LogP contribution in [0.3, 0.4) is 0 Å². The molecule has 1 N–H and O–H groups in total. The zero-order chi connectivity index (χ0) is 10.1. The van der Waals surface area contributed by atoms with Crippen molar-refractivity contribution < 1.29 is 4.79 Å². The molecule has 12 heavy (non-hydrogen) atoms. The Balaban J connectivity index is 0. The molecule has 0 aliphatic heterocycles. The number of rotatable bonds is 2. The molecule has 0 radical (unpaired) electrons. The Kier molecular flexibility index (Phi) is 9.54. The molecule has 72 valence electrons. The summed E-state index contributed by atoms with van der Waals surface area (Å²) in [6.45, 7) is 11.5. The Morgan fingerprint density at radius 3 is 1.83 bits per heavy atom. The lowest BCUT2D eigenvalue weighted by molar-refractivity contribution is -0.118. The van der Waals surface area contributed by atoms with Crippen molar-refractivity contribution >= 4 is 5.91 Å². The molecule has 0 saturated carbocycles. The Hall–Kier alpha value is -0.790. The molecule has 0 atom stereocenters. The van der Waals surface area contributed by atoms with Crippen LogP contribution in [-0.2, 0) is 4.79 Å². The van der Waals surface area contributed by atoms with Gasteiger partial charge in [-0.15, -0.1) is 0 Å². The maximum Gasteiger partial charge on any atom is 0.220 e. The molecular weight excluding hydrogens is 150 g/mol. The first-order chi connectivity index (χ1) is 5.57. The molecule has 0 aromatic carbocycles. The standard InChI is InChI=1S/C8H15NO.C2H6/c1-5-6(2)7(3)9-8(4)10;1-2/h5H2,1-4H3,(H,9,10);1-2H3/b7-6+;. The fourth-order valence-corrected chi connectivity index (χ4v) is 0.636. The van der Waals surface area contributed by atoms with E-state index in [4.69, 9.17) is 0 Å². The average molecular weight is 171 g/mol. The monoisotopic (exact) mass is 171 g/mol. The van der Waals surface area contributed by atoms with Crippen molar-refractivity contribution in [3.8, 4) is 0 Å². The molecule has 0 aliphatic carbocycles. The highest BCUT2D eigenvalue weighted by Gasteiger charge is 1.95. The van der Waals surface area contributed by atoms with E-state index in [1.807, 2.05) is 27.7 Å². The van der Waals surface area contributed by atoms with Gasteiger partial charge in [-0.3, -0.25) is 4.79 Å². The molecule has 2 nitrogen and oxygen atoms in total. The summed E-state index contributed by atoms with van der Waals surface area (Å²) in [5.41, 5.74) is 2.21. The predicted molar refractivity (Wildman–Crippen MR) is 53.8 cm³/mol. The summed E-state index contributed by atoms with van der Waals surface area (Å²) in [6.07, 6.45) is 0.992. The minimum atomic E-state index is 0.00491. The Labute approximate surface area is 76.1 Å². The number of carbonyl (C=O) groups is 1. The Morgan fingerprint density at radius 2 is 1.58 bits per heavy atom. The van der Waals surface area contributed by atoms with E-state index in [2.05, 4.69) is 12.2 Å². The van der Waals surface area contributed by atoms with E-state index in [9.17, 15) is 4.79 Å². The molecule has 0 saturated heterocycles. The largest absolute Gasteiger partial charge is 0.330 e. The minimum Gasteiger partial charge on any atom is -0.330 e. The highest BCUT2D eigenvalue weighted by molar-refractivity contribution is 5.74. The third kappa shape index (κ3) is 7.32. The first-order valence-electron chi connectivity index (χ1n) is 4.51. The fourth-order valence-electron chi connectivity index (χ4n) is 0.636. The maximum absolute atomic E-state index is 10.5. The number of carbonyl (C=O) groups excluding carboxylic acids is 1. The van der Waals surface area contributed by atoms with Gasteiger partial charge in [0, 0.05) is 12.6 Å². The van der Waals surface area contributed by atoms with Crippen LogP contribution in [0.2, 0.25) is 0 Å². The number of nitrogens with one attached hydrogen (secondary N) is 1. The van der Waals surface area contributed by atoms with E-state index in [1.54, 1.807) is 0 Å². The summed E-state index contributed by atoms with van der Waals surface area (Å²) in [5.74, 6) is 0.00491. The molecule has 0 heterocycles. The van der Waals surface area contributed by atoms with Gasteiger partial charge >= 0.3 is 0 Å². The summed E-state index contributed by atoms with van der Waals surface area (Å²) in [5, 5.41) is 2.73. The van der Waals surface area contributed by atoms with Crippen molar-refractivity contribution in [3.05, 3.63) is 11.3 Å². The Bertz CT molecular complexity index is 159. The zero-order valence-corrected chi connectivity index (χ0v) is 9.12. The summed E-state index contributed by atoms with van der Waals surface area (Å²) >= 11 is 0. The van der Waals surface area contributed by atoms with E-state index in [0.717, 1.165) is 12.1 Å². The van der Waals surface area contributed by atoms with Crippen LogP contribution in [-0.4, -0.2) is 5.91 Å². The summed E-state index contributed by atoms with van der Waals surface area (Å²) in [6, 6.07) is 0. The summed E-state index contributed by atoms with van der Waals surface area (Å²) in [4.78, 5) is 10.5. The van der Waals surface area contributed by atoms with Crippen LogP contribution in [0.4, 0.5) is 0 Å². The van der Waals surface area contributed by atoms with E-state index < -0.39 is 0 Å². The van der Waals surface area contributed by atoms with Crippen molar-refractivity contribution in [2.75, 3.05) is 0 Å². The van der Waals surface area contributed by atoms with Crippen LogP contribution >= 0.6 is 0 Å². The first-order valence-corrected chi connectivity index (χ1v) is 4.51. The molecule has 1 amide bonds. The second-order valence-corrected chi connectivity index (χ2v) is 2.44. The van der Waals surface area contributed by atoms with Gasteiger partial charge in [0.2, 0.25) is 5.91 Å². The van der Waals surface area contributed by atoms with E-state index in [1.165, 1.54) is 12.5 Å². The predicted octanol–water partition coefficient (Wildman–Crippen LogP) is 2.85. The zero-order valence-electron chi connectivity index (χ0n) is 9.12. The Morgan fingerprint density at radius 1 is 1.17 bits per heavy atom.